The first-order valence-corrected chi connectivity index (χ1v) is 4.38. The van der Waals surface area contributed by atoms with E-state index in [1.54, 1.807) is 0 Å². The van der Waals surface area contributed by atoms with E-state index in [1.807, 2.05) is 0 Å². The maximum Gasteiger partial charge on any atom is 0.340 e. The molecule has 0 aromatic heterocycles. The van der Waals surface area contributed by atoms with Gasteiger partial charge in [0, 0.05) is 0 Å². The number of carbonyl (C=O) groups excluding carboxylic acids is 1. The Balaban J connectivity index is 2.74. The lowest BCUT2D eigenvalue weighted by atomic mass is 10.1. The van der Waals surface area contributed by atoms with E-state index < -0.39 is 24.8 Å². The third kappa shape index (κ3) is 3.04. The lowest BCUT2D eigenvalue weighted by Gasteiger charge is -2.08. The maximum absolute atomic E-state index is 11.3. The molecule has 0 heterocycles. The molecule has 1 aromatic rings. The van der Waals surface area contributed by atoms with Gasteiger partial charge in [-0.25, -0.2) is 9.59 Å². The van der Waals surface area contributed by atoms with E-state index in [-0.39, 0.29) is 11.1 Å². The highest BCUT2D eigenvalue weighted by atomic mass is 16.6. The standard InChI is InChI=1S/C10H10O6/c11-5-8(12)16-10(15)7-3-1-6(2-4-7)9(13)14/h1-4,8,11-12H,5H2,(H,13,14). The molecule has 1 aromatic carbocycles. The molecule has 0 aliphatic carbocycles. The second kappa shape index (κ2) is 5.24. The van der Waals surface area contributed by atoms with Gasteiger partial charge in [0.2, 0.25) is 6.29 Å². The summed E-state index contributed by atoms with van der Waals surface area (Å²) in [6, 6.07) is 5.00. The summed E-state index contributed by atoms with van der Waals surface area (Å²) in [6.07, 6.45) is -1.58. The average molecular weight is 226 g/mol. The molecule has 6 heteroatoms. The molecule has 3 N–H and O–H groups in total. The maximum atomic E-state index is 11.3. The van der Waals surface area contributed by atoms with Gasteiger partial charge in [-0.2, -0.15) is 0 Å². The van der Waals surface area contributed by atoms with Crippen LogP contribution < -0.4 is 0 Å². The van der Waals surface area contributed by atoms with Gasteiger partial charge in [0.25, 0.3) is 0 Å². The van der Waals surface area contributed by atoms with Gasteiger partial charge in [0.05, 0.1) is 11.1 Å². The topological polar surface area (TPSA) is 104 Å². The van der Waals surface area contributed by atoms with Gasteiger partial charge < -0.3 is 20.1 Å². The molecular formula is C10H10O6. The zero-order valence-electron chi connectivity index (χ0n) is 8.16. The van der Waals surface area contributed by atoms with Crippen molar-refractivity contribution >= 4 is 11.9 Å². The normalized spacial score (nSPS) is 11.9. The molecule has 0 aliphatic heterocycles. The van der Waals surface area contributed by atoms with Crippen molar-refractivity contribution in [1.82, 2.24) is 0 Å². The summed E-state index contributed by atoms with van der Waals surface area (Å²) in [5.74, 6) is -1.94. The third-order valence-electron chi connectivity index (χ3n) is 1.77. The number of aliphatic hydroxyl groups excluding tert-OH is 2. The quantitative estimate of drug-likeness (QED) is 0.487. The van der Waals surface area contributed by atoms with Crippen molar-refractivity contribution in [3.05, 3.63) is 35.4 Å². The lowest BCUT2D eigenvalue weighted by molar-refractivity contribution is -0.0903. The van der Waals surface area contributed by atoms with Crippen LogP contribution in [0.5, 0.6) is 0 Å². The molecule has 0 radical (unpaired) electrons. The van der Waals surface area contributed by atoms with Crippen molar-refractivity contribution in [2.24, 2.45) is 0 Å². The van der Waals surface area contributed by atoms with Crippen LogP contribution in [0.3, 0.4) is 0 Å². The second-order valence-corrected chi connectivity index (χ2v) is 2.93. The van der Waals surface area contributed by atoms with Crippen LogP contribution in [0, 0.1) is 0 Å². The van der Waals surface area contributed by atoms with Crippen molar-refractivity contribution in [2.75, 3.05) is 6.61 Å². The highest BCUT2D eigenvalue weighted by molar-refractivity contribution is 5.92. The van der Waals surface area contributed by atoms with E-state index in [0.29, 0.717) is 0 Å². The molecule has 1 rings (SSSR count). The fourth-order valence-corrected chi connectivity index (χ4v) is 0.978. The number of hydrogen-bond acceptors (Lipinski definition) is 5. The summed E-state index contributed by atoms with van der Waals surface area (Å²) < 4.78 is 4.41. The molecule has 6 nitrogen and oxygen atoms in total. The number of carboxylic acid groups (broad SMARTS) is 1. The Morgan fingerprint density at radius 1 is 1.19 bits per heavy atom. The van der Waals surface area contributed by atoms with Crippen LogP contribution in [0.25, 0.3) is 0 Å². The number of esters is 1. The highest BCUT2D eigenvalue weighted by Gasteiger charge is 2.12. The Hall–Kier alpha value is -1.92. The molecule has 0 fully saturated rings. The van der Waals surface area contributed by atoms with E-state index in [0.717, 1.165) is 0 Å². The van der Waals surface area contributed by atoms with E-state index in [2.05, 4.69) is 4.74 Å². The molecule has 16 heavy (non-hydrogen) atoms. The molecule has 1 atom stereocenters. The summed E-state index contributed by atoms with van der Waals surface area (Å²) >= 11 is 0. The number of aromatic carboxylic acids is 1. The number of carbonyl (C=O) groups is 2. The highest BCUT2D eigenvalue weighted by Crippen LogP contribution is 2.06. The van der Waals surface area contributed by atoms with Gasteiger partial charge >= 0.3 is 11.9 Å². The number of aliphatic hydroxyl groups is 2. The molecular weight excluding hydrogens is 216 g/mol. The predicted octanol–water partition coefficient (Wildman–Crippen LogP) is -0.148. The van der Waals surface area contributed by atoms with Gasteiger partial charge in [-0.15, -0.1) is 0 Å². The zero-order chi connectivity index (χ0) is 12.1. The van der Waals surface area contributed by atoms with Gasteiger partial charge in [-0.1, -0.05) is 0 Å². The third-order valence-corrected chi connectivity index (χ3v) is 1.77. The van der Waals surface area contributed by atoms with Gasteiger partial charge in [0.15, 0.2) is 0 Å². The molecule has 0 saturated heterocycles. The largest absolute Gasteiger partial charge is 0.478 e. The summed E-state index contributed by atoms with van der Waals surface area (Å²) in [5, 5.41) is 25.9. The summed E-state index contributed by atoms with van der Waals surface area (Å²) in [7, 11) is 0. The fourth-order valence-electron chi connectivity index (χ4n) is 0.978. The van der Waals surface area contributed by atoms with Crippen molar-refractivity contribution < 1.29 is 29.6 Å². The second-order valence-electron chi connectivity index (χ2n) is 2.93. The van der Waals surface area contributed by atoms with Crippen LogP contribution in [0.2, 0.25) is 0 Å². The predicted molar refractivity (Wildman–Crippen MR) is 51.9 cm³/mol. The number of ether oxygens (including phenoxy) is 1. The molecule has 0 spiro atoms. The van der Waals surface area contributed by atoms with Crippen LogP contribution in [-0.2, 0) is 4.74 Å². The first kappa shape index (κ1) is 12.2. The Labute approximate surface area is 90.7 Å². The zero-order valence-corrected chi connectivity index (χ0v) is 8.16. The van der Waals surface area contributed by atoms with E-state index >= 15 is 0 Å². The van der Waals surface area contributed by atoms with Crippen LogP contribution in [0.15, 0.2) is 24.3 Å². The Kier molecular flexibility index (Phi) is 3.98. The minimum Gasteiger partial charge on any atom is -0.478 e. The number of rotatable bonds is 4. The summed E-state index contributed by atoms with van der Waals surface area (Å²) in [5.41, 5.74) is 0.136. The fraction of sp³-hybridized carbons (Fsp3) is 0.200. The number of carboxylic acids is 1. The minimum absolute atomic E-state index is 0.0410. The Morgan fingerprint density at radius 3 is 2.12 bits per heavy atom. The minimum atomic E-state index is -1.58. The van der Waals surface area contributed by atoms with E-state index in [4.69, 9.17) is 15.3 Å². The number of benzene rings is 1. The first-order valence-electron chi connectivity index (χ1n) is 4.38. The summed E-state index contributed by atoms with van der Waals surface area (Å²) in [4.78, 5) is 21.8. The first-order chi connectivity index (χ1) is 7.54. The van der Waals surface area contributed by atoms with E-state index in [1.165, 1.54) is 24.3 Å². The lowest BCUT2D eigenvalue weighted by Crippen LogP contribution is -2.21. The van der Waals surface area contributed by atoms with Crippen molar-refractivity contribution in [3.8, 4) is 0 Å². The molecule has 0 saturated carbocycles. The molecule has 86 valence electrons. The van der Waals surface area contributed by atoms with Crippen LogP contribution in [0.4, 0.5) is 0 Å². The van der Waals surface area contributed by atoms with Crippen molar-refractivity contribution in [1.29, 1.82) is 0 Å². The van der Waals surface area contributed by atoms with E-state index in [9.17, 15) is 9.59 Å². The van der Waals surface area contributed by atoms with Crippen LogP contribution in [0.1, 0.15) is 20.7 Å². The Morgan fingerprint density at radius 2 is 1.69 bits per heavy atom. The summed E-state index contributed by atoms with van der Waals surface area (Å²) in [6.45, 7) is -0.695. The monoisotopic (exact) mass is 226 g/mol. The Bertz CT molecular complexity index is 383. The van der Waals surface area contributed by atoms with Crippen LogP contribution in [-0.4, -0.2) is 40.2 Å². The van der Waals surface area contributed by atoms with Gasteiger partial charge in [-0.05, 0) is 24.3 Å². The molecule has 0 aliphatic rings. The van der Waals surface area contributed by atoms with Crippen LogP contribution >= 0.6 is 0 Å². The molecule has 0 bridgehead atoms. The molecule has 1 unspecified atom stereocenters. The SMILES string of the molecule is O=C(O)c1ccc(C(=O)OC(O)CO)cc1. The van der Waals surface area contributed by atoms with Crippen molar-refractivity contribution in [2.45, 2.75) is 6.29 Å². The molecule has 0 amide bonds. The smallest absolute Gasteiger partial charge is 0.340 e. The number of hydrogen-bond donors (Lipinski definition) is 3. The van der Waals surface area contributed by atoms with Crippen molar-refractivity contribution in [3.63, 3.8) is 0 Å². The van der Waals surface area contributed by atoms with Gasteiger partial charge in [0.1, 0.15) is 6.61 Å². The van der Waals surface area contributed by atoms with Gasteiger partial charge in [-0.3, -0.25) is 0 Å². The average Bonchev–Trinajstić information content (AvgIpc) is 2.28.